The first-order chi connectivity index (χ1) is 25.6. The number of carbonyl (C=O) groups excluding carboxylic acids is 7. The summed E-state index contributed by atoms with van der Waals surface area (Å²) in [6, 6.07) is 24.0. The number of fused-ring (bicyclic) bond motifs is 2. The summed E-state index contributed by atoms with van der Waals surface area (Å²) in [5, 5.41) is 12.7. The van der Waals surface area contributed by atoms with Crippen LogP contribution in [-0.2, 0) is 19.2 Å². The number of carbonyl (C=O) groups is 7. The molecular formula is C40H37N5O8. The van der Waals surface area contributed by atoms with Gasteiger partial charge in [-0.3, -0.25) is 43.8 Å². The summed E-state index contributed by atoms with van der Waals surface area (Å²) < 4.78 is 5.61. The Morgan fingerprint density at radius 1 is 0.849 bits per heavy atom. The van der Waals surface area contributed by atoms with Crippen LogP contribution in [0.4, 0.5) is 5.69 Å². The molecule has 270 valence electrons. The molecular weight excluding hydrogens is 678 g/mol. The number of nitrogens with one attached hydrogen (secondary N) is 4. The highest BCUT2D eigenvalue weighted by molar-refractivity contribution is 6.24. The molecule has 4 aromatic rings. The third-order valence-corrected chi connectivity index (χ3v) is 8.98. The minimum atomic E-state index is -1.12. The number of benzene rings is 4. The van der Waals surface area contributed by atoms with Gasteiger partial charge in [-0.05, 0) is 78.4 Å². The normalized spacial score (nSPS) is 15.5. The molecule has 4 N–H and O–H groups in total. The van der Waals surface area contributed by atoms with E-state index in [0.717, 1.165) is 26.8 Å². The number of allylic oxidation sites excluding steroid dienone is 1. The van der Waals surface area contributed by atoms with Crippen molar-refractivity contribution in [1.82, 2.24) is 20.9 Å². The lowest BCUT2D eigenvalue weighted by atomic mass is 10.0. The van der Waals surface area contributed by atoms with Crippen LogP contribution in [0.2, 0.25) is 0 Å². The van der Waals surface area contributed by atoms with Gasteiger partial charge in [0.15, 0.2) is 6.61 Å². The lowest BCUT2D eigenvalue weighted by Crippen LogP contribution is -2.54. The third kappa shape index (κ3) is 8.30. The maximum absolute atomic E-state index is 13.2. The van der Waals surface area contributed by atoms with E-state index in [-0.39, 0.29) is 41.5 Å². The van der Waals surface area contributed by atoms with Gasteiger partial charge in [0.2, 0.25) is 17.7 Å². The van der Waals surface area contributed by atoms with Gasteiger partial charge in [-0.2, -0.15) is 0 Å². The summed E-state index contributed by atoms with van der Waals surface area (Å²) >= 11 is 0. The molecule has 53 heavy (non-hydrogen) atoms. The van der Waals surface area contributed by atoms with Crippen LogP contribution in [0.3, 0.4) is 0 Å². The smallest absolute Gasteiger partial charge is 0.266 e. The monoisotopic (exact) mass is 715 g/mol. The number of imide groups is 2. The van der Waals surface area contributed by atoms with Crippen molar-refractivity contribution in [3.63, 3.8) is 0 Å². The minimum Gasteiger partial charge on any atom is -0.483 e. The number of hydrogen-bond donors (Lipinski definition) is 4. The molecule has 0 radical (unpaired) electrons. The second-order valence-corrected chi connectivity index (χ2v) is 12.7. The Balaban J connectivity index is 0.932. The highest BCUT2D eigenvalue weighted by atomic mass is 16.5. The van der Waals surface area contributed by atoms with Gasteiger partial charge in [-0.15, -0.1) is 0 Å². The zero-order valence-electron chi connectivity index (χ0n) is 28.9. The summed E-state index contributed by atoms with van der Waals surface area (Å²) in [4.78, 5) is 89.3. The van der Waals surface area contributed by atoms with E-state index in [2.05, 4.69) is 21.3 Å². The number of unbranched alkanes of at least 4 members (excludes halogenated alkanes) is 1. The Bertz CT molecular complexity index is 2180. The number of hydrogen-bond acceptors (Lipinski definition) is 8. The summed E-state index contributed by atoms with van der Waals surface area (Å²) in [6.07, 6.45) is 2.61. The quantitative estimate of drug-likeness (QED) is 0.0912. The average molecular weight is 716 g/mol. The van der Waals surface area contributed by atoms with Gasteiger partial charge in [0.25, 0.3) is 23.6 Å². The predicted molar refractivity (Wildman–Crippen MR) is 196 cm³/mol. The van der Waals surface area contributed by atoms with Crippen LogP contribution >= 0.6 is 0 Å². The van der Waals surface area contributed by atoms with Crippen molar-refractivity contribution in [2.75, 3.05) is 25.0 Å². The second-order valence-electron chi connectivity index (χ2n) is 12.7. The highest BCUT2D eigenvalue weighted by Crippen LogP contribution is 2.33. The Hall–Kier alpha value is -6.63. The van der Waals surface area contributed by atoms with Gasteiger partial charge in [0, 0.05) is 25.6 Å². The topological polar surface area (TPSA) is 180 Å². The average Bonchev–Trinajstić information content (AvgIpc) is 3.41. The van der Waals surface area contributed by atoms with Crippen molar-refractivity contribution >= 4 is 63.4 Å². The molecule has 2 aliphatic rings. The molecule has 13 heteroatoms. The first-order valence-electron chi connectivity index (χ1n) is 17.2. The van der Waals surface area contributed by atoms with Gasteiger partial charge in [0.05, 0.1) is 22.4 Å². The number of ether oxygens (including phenoxy) is 1. The summed E-state index contributed by atoms with van der Waals surface area (Å²) in [6.45, 7) is 2.05. The maximum atomic E-state index is 13.2. The first kappa shape index (κ1) is 36.2. The molecule has 13 nitrogen and oxygen atoms in total. The first-order valence-corrected chi connectivity index (χ1v) is 17.2. The fourth-order valence-electron chi connectivity index (χ4n) is 6.25. The number of nitrogens with zero attached hydrogens (tertiary/aromatic N) is 1. The molecule has 7 amide bonds. The van der Waals surface area contributed by atoms with Crippen LogP contribution in [0.25, 0.3) is 16.3 Å². The largest absolute Gasteiger partial charge is 0.483 e. The van der Waals surface area contributed by atoms with Crippen molar-refractivity contribution in [3.8, 4) is 5.75 Å². The van der Waals surface area contributed by atoms with Crippen LogP contribution in [0, 0.1) is 0 Å². The molecule has 0 bridgehead atoms. The Labute approximate surface area is 304 Å². The number of rotatable bonds is 13. The van der Waals surface area contributed by atoms with Crippen LogP contribution in [0.5, 0.6) is 5.75 Å². The summed E-state index contributed by atoms with van der Waals surface area (Å²) in [5.41, 5.74) is 2.40. The van der Waals surface area contributed by atoms with Crippen LogP contribution in [-0.4, -0.2) is 72.0 Å². The maximum Gasteiger partial charge on any atom is 0.266 e. The van der Waals surface area contributed by atoms with E-state index in [1.165, 1.54) is 24.3 Å². The fraction of sp³-hybridized carbons (Fsp3) is 0.225. The summed E-state index contributed by atoms with van der Waals surface area (Å²) in [5.74, 6) is -3.73. The highest BCUT2D eigenvalue weighted by Gasteiger charge is 2.46. The van der Waals surface area contributed by atoms with E-state index in [9.17, 15) is 33.6 Å². The van der Waals surface area contributed by atoms with Crippen molar-refractivity contribution in [1.29, 1.82) is 0 Å². The minimum absolute atomic E-state index is 0.000622. The van der Waals surface area contributed by atoms with E-state index in [4.69, 9.17) is 4.74 Å². The van der Waals surface area contributed by atoms with Crippen LogP contribution in [0.15, 0.2) is 91.0 Å². The molecule has 4 aromatic carbocycles. The Kier molecular flexibility index (Phi) is 11.0. The van der Waals surface area contributed by atoms with E-state index in [0.29, 0.717) is 37.2 Å². The van der Waals surface area contributed by atoms with Gasteiger partial charge in [-0.25, -0.2) is 0 Å². The molecule has 0 saturated carbocycles. The van der Waals surface area contributed by atoms with Crippen molar-refractivity contribution < 1.29 is 38.3 Å². The second kappa shape index (κ2) is 16.1. The number of piperidine rings is 1. The van der Waals surface area contributed by atoms with Gasteiger partial charge < -0.3 is 20.7 Å². The fourth-order valence-corrected chi connectivity index (χ4v) is 6.25. The molecule has 1 unspecified atom stereocenters. The van der Waals surface area contributed by atoms with E-state index >= 15 is 0 Å². The van der Waals surface area contributed by atoms with Crippen LogP contribution in [0.1, 0.15) is 69.2 Å². The van der Waals surface area contributed by atoms with Crippen molar-refractivity contribution in [2.45, 2.75) is 38.6 Å². The van der Waals surface area contributed by atoms with Gasteiger partial charge >= 0.3 is 0 Å². The molecule has 0 spiro atoms. The molecule has 0 aromatic heterocycles. The van der Waals surface area contributed by atoms with E-state index < -0.39 is 42.2 Å². The zero-order valence-corrected chi connectivity index (χ0v) is 28.9. The summed E-state index contributed by atoms with van der Waals surface area (Å²) in [7, 11) is 0. The zero-order chi connectivity index (χ0) is 37.5. The van der Waals surface area contributed by atoms with E-state index in [1.54, 1.807) is 24.3 Å². The molecule has 0 aliphatic carbocycles. The number of anilines is 1. The third-order valence-electron chi connectivity index (χ3n) is 8.98. The molecule has 2 heterocycles. The van der Waals surface area contributed by atoms with Gasteiger partial charge in [0.1, 0.15) is 11.8 Å². The molecule has 6 rings (SSSR count). The lowest BCUT2D eigenvalue weighted by Gasteiger charge is -2.27. The van der Waals surface area contributed by atoms with E-state index in [1.807, 2.05) is 49.4 Å². The Morgan fingerprint density at radius 2 is 1.58 bits per heavy atom. The molecule has 1 fully saturated rings. The van der Waals surface area contributed by atoms with Crippen molar-refractivity contribution in [2.24, 2.45) is 0 Å². The molecule has 2 aliphatic heterocycles. The van der Waals surface area contributed by atoms with Crippen molar-refractivity contribution in [3.05, 3.63) is 113 Å². The standard InChI is InChI=1S/C40H37N5O8/c1-24(26-16-15-25-9-2-3-10-27(25)22-26)21-34(47)43-30-13-5-4-11-28(30)37(49)42-20-7-6-19-41-35(48)23-53-32-14-8-12-29-36(32)40(52)45(39(29)51)31-17-18-33(46)44-38(31)50/h2-5,8-16,21-22,31H,6-7,17-20,23H2,1H3,(H,41,48)(H,42,49)(H,43,47)(H,44,46,50)/b24-21+. The lowest BCUT2D eigenvalue weighted by molar-refractivity contribution is -0.136. The predicted octanol–water partition coefficient (Wildman–Crippen LogP) is 3.99. The number of para-hydroxylation sites is 1. The SMILES string of the molecule is C/C(=C\C(=O)Nc1ccccc1C(=O)NCCCCNC(=O)COc1cccc2c1C(=O)N(C1CCC(=O)NC1=O)C2=O)c1ccc2ccccc2c1. The van der Waals surface area contributed by atoms with Gasteiger partial charge in [-0.1, -0.05) is 54.6 Å². The molecule has 1 saturated heterocycles. The number of amides is 7. The molecule has 1 atom stereocenters. The van der Waals surface area contributed by atoms with Crippen LogP contribution < -0.4 is 26.0 Å². The Morgan fingerprint density at radius 3 is 2.38 bits per heavy atom.